The number of ether oxygens (including phenoxy) is 1. The highest BCUT2D eigenvalue weighted by Gasteiger charge is 2.33. The highest BCUT2D eigenvalue weighted by molar-refractivity contribution is 7.99. The Bertz CT molecular complexity index is 1100. The van der Waals surface area contributed by atoms with Gasteiger partial charge in [-0.2, -0.15) is 18.4 Å². The smallest absolute Gasteiger partial charge is 0.433 e. The SMILES string of the molecule is CCSc1cc(OC(C)(C)C#N)cnc1-c1nc2cc(C(F)(F)F)ncc2n1C. The zero-order valence-corrected chi connectivity index (χ0v) is 17.0. The highest BCUT2D eigenvalue weighted by Crippen LogP contribution is 2.35. The second-order valence-electron chi connectivity index (χ2n) is 6.73. The number of hydrogen-bond donors (Lipinski definition) is 0. The quantitative estimate of drug-likeness (QED) is 0.549. The predicted molar refractivity (Wildman–Crippen MR) is 103 cm³/mol. The third-order valence-electron chi connectivity index (χ3n) is 4.04. The van der Waals surface area contributed by atoms with Crippen molar-refractivity contribution in [3.05, 3.63) is 30.2 Å². The number of aromatic nitrogens is 4. The van der Waals surface area contributed by atoms with E-state index in [4.69, 9.17) is 10.00 Å². The number of thioether (sulfide) groups is 1. The Labute approximate surface area is 169 Å². The molecule has 0 amide bonds. The van der Waals surface area contributed by atoms with Crippen LogP contribution in [0.3, 0.4) is 0 Å². The van der Waals surface area contributed by atoms with Crippen LogP contribution in [0.1, 0.15) is 26.5 Å². The molecule has 0 N–H and O–H groups in total. The summed E-state index contributed by atoms with van der Waals surface area (Å²) in [5.41, 5.74) is -0.841. The minimum Gasteiger partial charge on any atom is -0.471 e. The average molecular weight is 421 g/mol. The Morgan fingerprint density at radius 2 is 1.93 bits per heavy atom. The Morgan fingerprint density at radius 3 is 2.55 bits per heavy atom. The van der Waals surface area contributed by atoms with E-state index in [0.29, 0.717) is 22.8 Å². The summed E-state index contributed by atoms with van der Waals surface area (Å²) in [7, 11) is 1.70. The third-order valence-corrected chi connectivity index (χ3v) is 4.95. The number of fused-ring (bicyclic) bond motifs is 1. The zero-order valence-electron chi connectivity index (χ0n) is 16.2. The zero-order chi connectivity index (χ0) is 21.4. The second-order valence-corrected chi connectivity index (χ2v) is 8.03. The van der Waals surface area contributed by atoms with Crippen molar-refractivity contribution in [2.75, 3.05) is 5.75 Å². The van der Waals surface area contributed by atoms with Crippen LogP contribution < -0.4 is 4.74 Å². The van der Waals surface area contributed by atoms with Gasteiger partial charge in [-0.15, -0.1) is 11.8 Å². The summed E-state index contributed by atoms with van der Waals surface area (Å²) >= 11 is 1.50. The van der Waals surface area contributed by atoms with Gasteiger partial charge in [-0.3, -0.25) is 0 Å². The van der Waals surface area contributed by atoms with E-state index < -0.39 is 17.5 Å². The van der Waals surface area contributed by atoms with E-state index in [1.165, 1.54) is 18.0 Å². The maximum atomic E-state index is 13.0. The van der Waals surface area contributed by atoms with Gasteiger partial charge in [0.15, 0.2) is 11.4 Å². The van der Waals surface area contributed by atoms with E-state index in [1.807, 2.05) is 6.92 Å². The molecule has 29 heavy (non-hydrogen) atoms. The molecular weight excluding hydrogens is 403 g/mol. The van der Waals surface area contributed by atoms with Crippen molar-refractivity contribution in [2.45, 2.75) is 37.4 Å². The molecule has 0 unspecified atom stereocenters. The molecule has 6 nitrogen and oxygen atoms in total. The summed E-state index contributed by atoms with van der Waals surface area (Å²) < 4.78 is 46.2. The number of pyridine rings is 2. The first-order chi connectivity index (χ1) is 13.6. The molecule has 3 rings (SSSR count). The van der Waals surface area contributed by atoms with E-state index in [2.05, 4.69) is 21.0 Å². The molecule has 0 radical (unpaired) electrons. The van der Waals surface area contributed by atoms with Crippen molar-refractivity contribution in [1.29, 1.82) is 5.26 Å². The standard InChI is InChI=1S/C19H18F3N5OS/c1-5-29-14-6-11(28-18(2,3)10-23)8-25-16(14)17-26-12-7-15(19(20,21)22)24-9-13(12)27(17)4/h6-9H,5H2,1-4H3. The molecule has 0 fully saturated rings. The minimum absolute atomic E-state index is 0.185. The van der Waals surface area contributed by atoms with Gasteiger partial charge >= 0.3 is 6.18 Å². The van der Waals surface area contributed by atoms with Crippen LogP contribution in [-0.2, 0) is 13.2 Å². The first kappa shape index (κ1) is 20.9. The molecule has 0 atom stereocenters. The van der Waals surface area contributed by atoms with Crippen LogP contribution in [0.25, 0.3) is 22.6 Å². The normalized spacial score (nSPS) is 12.2. The van der Waals surface area contributed by atoms with Gasteiger partial charge in [0.2, 0.25) is 0 Å². The lowest BCUT2D eigenvalue weighted by atomic mass is 10.2. The second kappa shape index (κ2) is 7.55. The number of nitrogens with zero attached hydrogens (tertiary/aromatic N) is 5. The van der Waals surface area contributed by atoms with Gasteiger partial charge in [0.05, 0.1) is 23.4 Å². The van der Waals surface area contributed by atoms with Crippen molar-refractivity contribution >= 4 is 22.8 Å². The van der Waals surface area contributed by atoms with Gasteiger partial charge in [0.1, 0.15) is 23.2 Å². The van der Waals surface area contributed by atoms with Crippen molar-refractivity contribution < 1.29 is 17.9 Å². The maximum Gasteiger partial charge on any atom is 0.433 e. The number of aryl methyl sites for hydroxylation is 1. The van der Waals surface area contributed by atoms with E-state index in [9.17, 15) is 13.2 Å². The van der Waals surface area contributed by atoms with Crippen LogP contribution in [0.5, 0.6) is 5.75 Å². The van der Waals surface area contributed by atoms with Gasteiger partial charge in [-0.05, 0) is 31.7 Å². The van der Waals surface area contributed by atoms with Gasteiger partial charge in [0, 0.05) is 11.9 Å². The fourth-order valence-corrected chi connectivity index (χ4v) is 3.48. The molecule has 3 heterocycles. The Morgan fingerprint density at radius 1 is 1.21 bits per heavy atom. The number of alkyl halides is 3. The number of hydrogen-bond acceptors (Lipinski definition) is 6. The molecular formula is C19H18F3N5OS. The van der Waals surface area contributed by atoms with E-state index in [1.54, 1.807) is 31.5 Å². The lowest BCUT2D eigenvalue weighted by Crippen LogP contribution is -2.25. The van der Waals surface area contributed by atoms with Crippen molar-refractivity contribution in [1.82, 2.24) is 19.5 Å². The topological polar surface area (TPSA) is 76.6 Å². The summed E-state index contributed by atoms with van der Waals surface area (Å²) in [6, 6.07) is 4.75. The molecule has 152 valence electrons. The summed E-state index contributed by atoms with van der Waals surface area (Å²) in [5, 5.41) is 9.16. The number of rotatable bonds is 5. The molecule has 0 aliphatic heterocycles. The molecule has 0 saturated heterocycles. The molecule has 0 saturated carbocycles. The van der Waals surface area contributed by atoms with Crippen molar-refractivity contribution in [2.24, 2.45) is 7.05 Å². The van der Waals surface area contributed by atoms with E-state index in [-0.39, 0.29) is 5.52 Å². The first-order valence-corrected chi connectivity index (χ1v) is 9.67. The number of imidazole rings is 1. The average Bonchev–Trinajstić information content (AvgIpc) is 2.97. The summed E-state index contributed by atoms with van der Waals surface area (Å²) in [4.78, 5) is 13.1. The molecule has 0 aliphatic rings. The number of nitriles is 1. The van der Waals surface area contributed by atoms with Gasteiger partial charge in [-0.1, -0.05) is 6.92 Å². The Balaban J connectivity index is 2.10. The molecule has 0 aliphatic carbocycles. The van der Waals surface area contributed by atoms with Crippen LogP contribution in [0, 0.1) is 11.3 Å². The summed E-state index contributed by atoms with van der Waals surface area (Å²) in [6.07, 6.45) is -1.90. The highest BCUT2D eigenvalue weighted by atomic mass is 32.2. The molecule has 0 spiro atoms. The molecule has 3 aromatic heterocycles. The molecule has 0 bridgehead atoms. The van der Waals surface area contributed by atoms with Gasteiger partial charge < -0.3 is 9.30 Å². The van der Waals surface area contributed by atoms with Crippen LogP contribution in [0.2, 0.25) is 0 Å². The lowest BCUT2D eigenvalue weighted by Gasteiger charge is -2.19. The fraction of sp³-hybridized carbons (Fsp3) is 0.368. The monoisotopic (exact) mass is 421 g/mol. The largest absolute Gasteiger partial charge is 0.471 e. The molecule has 3 aromatic rings. The van der Waals surface area contributed by atoms with E-state index in [0.717, 1.165) is 22.9 Å². The van der Waals surface area contributed by atoms with Gasteiger partial charge in [0.25, 0.3) is 0 Å². The number of halogens is 3. The molecule has 10 heteroatoms. The predicted octanol–water partition coefficient (Wildman–Crippen LogP) is 4.84. The first-order valence-electron chi connectivity index (χ1n) is 8.69. The van der Waals surface area contributed by atoms with Crippen LogP contribution in [-0.4, -0.2) is 30.9 Å². The van der Waals surface area contributed by atoms with Crippen molar-refractivity contribution in [3.63, 3.8) is 0 Å². The van der Waals surface area contributed by atoms with Crippen LogP contribution in [0.4, 0.5) is 13.2 Å². The summed E-state index contributed by atoms with van der Waals surface area (Å²) in [6.45, 7) is 5.25. The van der Waals surface area contributed by atoms with E-state index >= 15 is 0 Å². The third kappa shape index (κ3) is 4.29. The van der Waals surface area contributed by atoms with Crippen molar-refractivity contribution in [3.8, 4) is 23.3 Å². The Kier molecular flexibility index (Phi) is 5.45. The lowest BCUT2D eigenvalue weighted by molar-refractivity contribution is -0.141. The maximum absolute atomic E-state index is 13.0. The Hall–Kier alpha value is -2.80. The minimum atomic E-state index is -4.54. The van der Waals surface area contributed by atoms with Crippen LogP contribution in [0.15, 0.2) is 29.4 Å². The fourth-order valence-electron chi connectivity index (χ4n) is 2.69. The molecule has 0 aromatic carbocycles. The van der Waals surface area contributed by atoms with Gasteiger partial charge in [-0.25, -0.2) is 15.0 Å². The van der Waals surface area contributed by atoms with Crippen LogP contribution >= 0.6 is 11.8 Å². The summed E-state index contributed by atoms with van der Waals surface area (Å²) in [5.74, 6) is 1.59.